The van der Waals surface area contributed by atoms with Gasteiger partial charge in [0.15, 0.2) is 0 Å². The third-order valence-electron chi connectivity index (χ3n) is 1.98. The van der Waals surface area contributed by atoms with Crippen molar-refractivity contribution in [1.29, 1.82) is 0 Å². The van der Waals surface area contributed by atoms with E-state index in [0.717, 1.165) is 0 Å². The van der Waals surface area contributed by atoms with Gasteiger partial charge in [-0.05, 0) is 12.1 Å². The summed E-state index contributed by atoms with van der Waals surface area (Å²) in [6, 6.07) is 4.44. The number of benzene rings is 1. The van der Waals surface area contributed by atoms with Gasteiger partial charge in [0.2, 0.25) is 15.9 Å². The van der Waals surface area contributed by atoms with E-state index in [2.05, 4.69) is 10.0 Å². The van der Waals surface area contributed by atoms with Gasteiger partial charge in [-0.15, -0.1) is 0 Å². The second-order valence-electron chi connectivity index (χ2n) is 3.43. The van der Waals surface area contributed by atoms with E-state index in [1.165, 1.54) is 19.1 Å². The largest absolute Gasteiger partial charge is 0.355 e. The predicted molar refractivity (Wildman–Crippen MR) is 70.3 cm³/mol. The summed E-state index contributed by atoms with van der Waals surface area (Å²) >= 11 is 11.6. The third kappa shape index (κ3) is 4.13. The molecule has 1 aromatic rings. The van der Waals surface area contributed by atoms with Crippen molar-refractivity contribution in [3.63, 3.8) is 0 Å². The summed E-state index contributed by atoms with van der Waals surface area (Å²) in [5.74, 6) is -0.232. The quantitative estimate of drug-likeness (QED) is 0.807. The molecular weight excluding hydrogens is 299 g/mol. The average molecular weight is 311 g/mol. The molecule has 0 heterocycles. The van der Waals surface area contributed by atoms with Crippen LogP contribution in [0.3, 0.4) is 0 Å². The molecule has 0 aromatic heterocycles. The first-order valence-electron chi connectivity index (χ1n) is 5.02. The van der Waals surface area contributed by atoms with Gasteiger partial charge in [-0.1, -0.05) is 29.3 Å². The molecule has 0 unspecified atom stereocenters. The van der Waals surface area contributed by atoms with Crippen LogP contribution in [0, 0.1) is 0 Å². The molecule has 0 spiro atoms. The van der Waals surface area contributed by atoms with Crippen molar-refractivity contribution in [1.82, 2.24) is 10.0 Å². The zero-order valence-electron chi connectivity index (χ0n) is 9.54. The monoisotopic (exact) mass is 310 g/mol. The molecule has 1 aromatic carbocycles. The maximum absolute atomic E-state index is 11.9. The van der Waals surface area contributed by atoms with Crippen LogP contribution in [-0.4, -0.2) is 27.4 Å². The Hall–Kier alpha value is -0.820. The molecule has 0 aliphatic heterocycles. The third-order valence-corrected chi connectivity index (χ3v) is 4.39. The number of sulfonamides is 1. The van der Waals surface area contributed by atoms with Gasteiger partial charge in [-0.2, -0.15) is 0 Å². The van der Waals surface area contributed by atoms with E-state index >= 15 is 0 Å². The Morgan fingerprint density at radius 1 is 1.22 bits per heavy atom. The molecule has 0 fully saturated rings. The SMILES string of the molecule is CC(=O)NCCNS(=O)(=O)c1c(Cl)cccc1Cl. The Kier molecular flexibility index (Phi) is 5.40. The number of hydrogen-bond donors (Lipinski definition) is 2. The van der Waals surface area contributed by atoms with Crippen molar-refractivity contribution in [3.8, 4) is 0 Å². The maximum atomic E-state index is 11.9. The minimum atomic E-state index is -3.78. The van der Waals surface area contributed by atoms with Crippen LogP contribution < -0.4 is 10.0 Å². The fraction of sp³-hybridized carbons (Fsp3) is 0.300. The molecule has 1 amide bonds. The predicted octanol–water partition coefficient (Wildman–Crippen LogP) is 1.41. The van der Waals surface area contributed by atoms with E-state index in [9.17, 15) is 13.2 Å². The van der Waals surface area contributed by atoms with Crippen molar-refractivity contribution in [2.24, 2.45) is 0 Å². The first-order valence-corrected chi connectivity index (χ1v) is 7.26. The van der Waals surface area contributed by atoms with Gasteiger partial charge in [0.05, 0.1) is 10.0 Å². The second-order valence-corrected chi connectivity index (χ2v) is 5.95. The summed E-state index contributed by atoms with van der Waals surface area (Å²) in [6.45, 7) is 1.60. The fourth-order valence-corrected chi connectivity index (χ4v) is 3.41. The van der Waals surface area contributed by atoms with Gasteiger partial charge < -0.3 is 5.32 Å². The first-order chi connectivity index (χ1) is 8.34. The van der Waals surface area contributed by atoms with Crippen LogP contribution in [0.4, 0.5) is 0 Å². The molecule has 1 rings (SSSR count). The smallest absolute Gasteiger partial charge is 0.243 e. The highest BCUT2D eigenvalue weighted by Crippen LogP contribution is 2.28. The molecule has 0 aliphatic carbocycles. The normalized spacial score (nSPS) is 11.3. The average Bonchev–Trinajstić information content (AvgIpc) is 2.23. The van der Waals surface area contributed by atoms with Crippen molar-refractivity contribution in [2.75, 3.05) is 13.1 Å². The van der Waals surface area contributed by atoms with Gasteiger partial charge in [0.1, 0.15) is 4.90 Å². The highest BCUT2D eigenvalue weighted by atomic mass is 35.5. The zero-order valence-corrected chi connectivity index (χ0v) is 11.9. The summed E-state index contributed by atoms with van der Waals surface area (Å²) in [6.07, 6.45) is 0. The van der Waals surface area contributed by atoms with Crippen LogP contribution in [-0.2, 0) is 14.8 Å². The van der Waals surface area contributed by atoms with Crippen LogP contribution in [0.25, 0.3) is 0 Å². The minimum absolute atomic E-state index is 0.0505. The summed E-state index contributed by atoms with van der Waals surface area (Å²) in [7, 11) is -3.78. The number of rotatable bonds is 5. The Morgan fingerprint density at radius 2 is 1.78 bits per heavy atom. The van der Waals surface area contributed by atoms with Gasteiger partial charge in [-0.3, -0.25) is 4.79 Å². The van der Waals surface area contributed by atoms with E-state index in [4.69, 9.17) is 23.2 Å². The number of halogens is 2. The lowest BCUT2D eigenvalue weighted by Gasteiger charge is -2.09. The number of carbonyl (C=O) groups excluding carboxylic acids is 1. The van der Waals surface area contributed by atoms with Crippen molar-refractivity contribution in [3.05, 3.63) is 28.2 Å². The number of carbonyl (C=O) groups is 1. The highest BCUT2D eigenvalue weighted by Gasteiger charge is 2.20. The Bertz CT molecular complexity index is 526. The van der Waals surface area contributed by atoms with Crippen LogP contribution >= 0.6 is 23.2 Å². The number of hydrogen-bond acceptors (Lipinski definition) is 3. The topological polar surface area (TPSA) is 75.3 Å². The molecule has 0 aliphatic rings. The molecule has 100 valence electrons. The summed E-state index contributed by atoms with van der Waals surface area (Å²) in [5.41, 5.74) is 0. The summed E-state index contributed by atoms with van der Waals surface area (Å²) in [4.78, 5) is 10.5. The first kappa shape index (κ1) is 15.2. The van der Waals surface area contributed by atoms with Gasteiger partial charge in [0, 0.05) is 20.0 Å². The molecular formula is C10H12Cl2N2O3S. The van der Waals surface area contributed by atoms with E-state index in [0.29, 0.717) is 0 Å². The summed E-state index contributed by atoms with van der Waals surface area (Å²) in [5, 5.41) is 2.57. The van der Waals surface area contributed by atoms with Gasteiger partial charge >= 0.3 is 0 Å². The van der Waals surface area contributed by atoms with E-state index in [-0.39, 0.29) is 33.9 Å². The molecule has 0 bridgehead atoms. The fourth-order valence-electron chi connectivity index (χ4n) is 1.24. The van der Waals surface area contributed by atoms with Crippen LogP contribution in [0.5, 0.6) is 0 Å². The lowest BCUT2D eigenvalue weighted by Crippen LogP contribution is -2.33. The van der Waals surface area contributed by atoms with Gasteiger partial charge in [0.25, 0.3) is 0 Å². The van der Waals surface area contributed by atoms with E-state index in [1.54, 1.807) is 6.07 Å². The van der Waals surface area contributed by atoms with Crippen LogP contribution in [0.15, 0.2) is 23.1 Å². The molecule has 0 saturated carbocycles. The van der Waals surface area contributed by atoms with Gasteiger partial charge in [-0.25, -0.2) is 13.1 Å². The van der Waals surface area contributed by atoms with Crippen LogP contribution in [0.1, 0.15) is 6.92 Å². The van der Waals surface area contributed by atoms with Crippen molar-refractivity contribution in [2.45, 2.75) is 11.8 Å². The summed E-state index contributed by atoms with van der Waals surface area (Å²) < 4.78 is 26.2. The maximum Gasteiger partial charge on any atom is 0.243 e. The Morgan fingerprint density at radius 3 is 2.28 bits per heavy atom. The Labute approximate surface area is 116 Å². The standard InChI is InChI=1S/C10H12Cl2N2O3S/c1-7(15)13-5-6-14-18(16,17)10-8(11)3-2-4-9(10)12/h2-4,14H,5-6H2,1H3,(H,13,15). The molecule has 0 atom stereocenters. The van der Waals surface area contributed by atoms with E-state index in [1.807, 2.05) is 0 Å². The van der Waals surface area contributed by atoms with E-state index < -0.39 is 10.0 Å². The van der Waals surface area contributed by atoms with Crippen molar-refractivity contribution < 1.29 is 13.2 Å². The lowest BCUT2D eigenvalue weighted by atomic mass is 10.4. The lowest BCUT2D eigenvalue weighted by molar-refractivity contribution is -0.118. The highest BCUT2D eigenvalue weighted by molar-refractivity contribution is 7.89. The Balaban J connectivity index is 2.78. The minimum Gasteiger partial charge on any atom is -0.355 e. The molecule has 0 saturated heterocycles. The molecule has 0 radical (unpaired) electrons. The van der Waals surface area contributed by atoms with Crippen LogP contribution in [0.2, 0.25) is 10.0 Å². The number of nitrogens with one attached hydrogen (secondary N) is 2. The second kappa shape index (κ2) is 6.38. The number of amides is 1. The molecule has 2 N–H and O–H groups in total. The molecule has 5 nitrogen and oxygen atoms in total. The molecule has 8 heteroatoms. The zero-order chi connectivity index (χ0) is 13.8. The molecule has 18 heavy (non-hydrogen) atoms. The van der Waals surface area contributed by atoms with Crippen molar-refractivity contribution >= 4 is 39.1 Å².